The Balaban J connectivity index is 1.66. The number of anilines is 1. The number of carbonyl (C=O) groups excluding carboxylic acids is 2. The molecule has 152 valence electrons. The molecular weight excluding hydrogens is 446 g/mol. The highest BCUT2D eigenvalue weighted by Crippen LogP contribution is 2.43. The highest BCUT2D eigenvalue weighted by molar-refractivity contribution is 9.10. The SMILES string of the molecule is COc1ccc(C(=O)CC2(O)C(=O)N(Cc3ccccc3Br)c3ccccc32)cc1. The Bertz CT molecular complexity index is 1110. The summed E-state index contributed by atoms with van der Waals surface area (Å²) in [6.45, 7) is 0.288. The third-order valence-electron chi connectivity index (χ3n) is 5.35. The van der Waals surface area contributed by atoms with Crippen molar-refractivity contribution in [1.82, 2.24) is 0 Å². The molecule has 0 bridgehead atoms. The summed E-state index contributed by atoms with van der Waals surface area (Å²) in [6, 6.07) is 21.3. The zero-order valence-electron chi connectivity index (χ0n) is 16.3. The standard InChI is InChI=1S/C24H20BrNO4/c1-30-18-12-10-16(11-13-18)22(27)14-24(29)19-7-3-5-9-21(19)26(23(24)28)15-17-6-2-4-8-20(17)25/h2-13,29H,14-15H2,1H3. The first kappa shape index (κ1) is 20.3. The summed E-state index contributed by atoms with van der Waals surface area (Å²) < 4.78 is 6.00. The van der Waals surface area contributed by atoms with Crippen LogP contribution < -0.4 is 9.64 Å². The number of rotatable bonds is 6. The van der Waals surface area contributed by atoms with Crippen LogP contribution >= 0.6 is 15.9 Å². The Labute approximate surface area is 183 Å². The summed E-state index contributed by atoms with van der Waals surface area (Å²) in [5.74, 6) is -0.181. The average Bonchev–Trinajstić information content (AvgIpc) is 2.97. The summed E-state index contributed by atoms with van der Waals surface area (Å²) in [5.41, 5.74) is 0.479. The van der Waals surface area contributed by atoms with Crippen molar-refractivity contribution >= 4 is 33.3 Å². The number of benzene rings is 3. The minimum absolute atomic E-state index is 0.288. The number of para-hydroxylation sites is 1. The molecule has 1 N–H and O–H groups in total. The molecule has 3 aromatic carbocycles. The van der Waals surface area contributed by atoms with Crippen LogP contribution in [-0.2, 0) is 16.9 Å². The van der Waals surface area contributed by atoms with Gasteiger partial charge in [0, 0.05) is 15.6 Å². The van der Waals surface area contributed by atoms with Crippen molar-refractivity contribution in [2.24, 2.45) is 0 Å². The highest BCUT2D eigenvalue weighted by Gasteiger charge is 2.50. The predicted octanol–water partition coefficient (Wildman–Crippen LogP) is 4.47. The van der Waals surface area contributed by atoms with Gasteiger partial charge in [-0.1, -0.05) is 52.3 Å². The third-order valence-corrected chi connectivity index (χ3v) is 6.13. The molecule has 0 aliphatic carbocycles. The van der Waals surface area contributed by atoms with E-state index in [9.17, 15) is 14.7 Å². The highest BCUT2D eigenvalue weighted by atomic mass is 79.9. The molecule has 1 atom stereocenters. The van der Waals surface area contributed by atoms with Gasteiger partial charge in [0.1, 0.15) is 5.75 Å². The number of hydrogen-bond acceptors (Lipinski definition) is 4. The lowest BCUT2D eigenvalue weighted by Crippen LogP contribution is -2.41. The molecule has 3 aromatic rings. The van der Waals surface area contributed by atoms with Crippen LogP contribution in [-0.4, -0.2) is 23.9 Å². The van der Waals surface area contributed by atoms with Gasteiger partial charge in [-0.25, -0.2) is 0 Å². The number of fused-ring (bicyclic) bond motifs is 1. The maximum absolute atomic E-state index is 13.4. The van der Waals surface area contributed by atoms with E-state index in [-0.39, 0.29) is 18.7 Å². The molecule has 0 spiro atoms. The summed E-state index contributed by atoms with van der Waals surface area (Å²) in [5, 5.41) is 11.4. The Hall–Kier alpha value is -2.96. The molecule has 0 aromatic heterocycles. The topological polar surface area (TPSA) is 66.8 Å². The molecule has 1 heterocycles. The van der Waals surface area contributed by atoms with Crippen LogP contribution in [0.3, 0.4) is 0 Å². The molecule has 0 fully saturated rings. The molecular formula is C24H20BrNO4. The smallest absolute Gasteiger partial charge is 0.264 e. The number of carbonyl (C=O) groups is 2. The fraction of sp³-hybridized carbons (Fsp3) is 0.167. The van der Waals surface area contributed by atoms with Gasteiger partial charge in [-0.2, -0.15) is 0 Å². The fourth-order valence-electron chi connectivity index (χ4n) is 3.74. The normalized spacial score (nSPS) is 17.7. The molecule has 1 aliphatic heterocycles. The quantitative estimate of drug-likeness (QED) is 0.545. The predicted molar refractivity (Wildman–Crippen MR) is 118 cm³/mol. The molecule has 1 amide bonds. The van der Waals surface area contributed by atoms with Crippen LogP contribution in [0.5, 0.6) is 5.75 Å². The van der Waals surface area contributed by atoms with Crippen LogP contribution in [0.25, 0.3) is 0 Å². The Morgan fingerprint density at radius 1 is 1.03 bits per heavy atom. The second-order valence-electron chi connectivity index (χ2n) is 7.19. The zero-order chi connectivity index (χ0) is 21.3. The lowest BCUT2D eigenvalue weighted by Gasteiger charge is -2.23. The first-order valence-corrected chi connectivity index (χ1v) is 10.3. The lowest BCUT2D eigenvalue weighted by atomic mass is 9.88. The van der Waals surface area contributed by atoms with Gasteiger partial charge >= 0.3 is 0 Å². The van der Waals surface area contributed by atoms with E-state index in [0.29, 0.717) is 22.6 Å². The number of nitrogens with zero attached hydrogens (tertiary/aromatic N) is 1. The van der Waals surface area contributed by atoms with E-state index in [2.05, 4.69) is 15.9 Å². The first-order chi connectivity index (χ1) is 14.4. The van der Waals surface area contributed by atoms with Gasteiger partial charge in [0.25, 0.3) is 5.91 Å². The van der Waals surface area contributed by atoms with E-state index in [1.54, 1.807) is 49.6 Å². The largest absolute Gasteiger partial charge is 0.497 e. The summed E-state index contributed by atoms with van der Waals surface area (Å²) in [7, 11) is 1.55. The van der Waals surface area contributed by atoms with Crippen LogP contribution in [0, 0.1) is 0 Å². The van der Waals surface area contributed by atoms with E-state index in [4.69, 9.17) is 4.74 Å². The molecule has 4 rings (SSSR count). The molecule has 30 heavy (non-hydrogen) atoms. The van der Waals surface area contributed by atoms with E-state index in [1.165, 1.54) is 4.90 Å². The van der Waals surface area contributed by atoms with Gasteiger partial charge in [0.2, 0.25) is 0 Å². The Morgan fingerprint density at radius 2 is 1.70 bits per heavy atom. The number of ether oxygens (including phenoxy) is 1. The number of ketones is 1. The number of methoxy groups -OCH3 is 1. The molecule has 0 saturated carbocycles. The van der Waals surface area contributed by atoms with Crippen molar-refractivity contribution in [2.45, 2.75) is 18.6 Å². The van der Waals surface area contributed by atoms with Crippen molar-refractivity contribution in [1.29, 1.82) is 0 Å². The van der Waals surface area contributed by atoms with E-state index < -0.39 is 11.5 Å². The summed E-state index contributed by atoms with van der Waals surface area (Å²) in [6.07, 6.45) is -0.332. The van der Waals surface area contributed by atoms with Gasteiger partial charge < -0.3 is 14.7 Å². The molecule has 0 radical (unpaired) electrons. The summed E-state index contributed by atoms with van der Waals surface area (Å²) >= 11 is 3.51. The second kappa shape index (κ2) is 8.05. The monoisotopic (exact) mass is 465 g/mol. The van der Waals surface area contributed by atoms with Crippen molar-refractivity contribution in [3.63, 3.8) is 0 Å². The van der Waals surface area contributed by atoms with Gasteiger partial charge in [-0.3, -0.25) is 9.59 Å². The first-order valence-electron chi connectivity index (χ1n) is 9.48. The van der Waals surface area contributed by atoms with Crippen LogP contribution in [0.15, 0.2) is 77.3 Å². The zero-order valence-corrected chi connectivity index (χ0v) is 17.9. The van der Waals surface area contributed by atoms with Gasteiger partial charge in [0.05, 0.1) is 25.8 Å². The van der Waals surface area contributed by atoms with Gasteiger partial charge in [-0.05, 0) is 42.0 Å². The maximum atomic E-state index is 13.4. The Kier molecular flexibility index (Phi) is 5.45. The van der Waals surface area contributed by atoms with Gasteiger partial charge in [-0.15, -0.1) is 0 Å². The van der Waals surface area contributed by atoms with Crippen molar-refractivity contribution < 1.29 is 19.4 Å². The van der Waals surface area contributed by atoms with Crippen molar-refractivity contribution in [3.05, 3.63) is 94.0 Å². The van der Waals surface area contributed by atoms with Crippen LogP contribution in [0.2, 0.25) is 0 Å². The van der Waals surface area contributed by atoms with Crippen molar-refractivity contribution in [2.75, 3.05) is 12.0 Å². The number of aliphatic hydroxyl groups is 1. The molecule has 0 saturated heterocycles. The minimum Gasteiger partial charge on any atom is -0.497 e. The number of hydrogen-bond donors (Lipinski definition) is 1. The number of amides is 1. The molecule has 1 aliphatic rings. The van der Waals surface area contributed by atoms with Crippen molar-refractivity contribution in [3.8, 4) is 5.75 Å². The molecule has 5 nitrogen and oxygen atoms in total. The van der Waals surface area contributed by atoms with Crippen LogP contribution in [0.1, 0.15) is 27.9 Å². The number of Topliss-reactive ketones (excluding diaryl/α,β-unsaturated/α-hetero) is 1. The van der Waals surface area contributed by atoms with Crippen LogP contribution in [0.4, 0.5) is 5.69 Å². The summed E-state index contributed by atoms with van der Waals surface area (Å²) in [4.78, 5) is 27.8. The van der Waals surface area contributed by atoms with E-state index in [0.717, 1.165) is 10.0 Å². The lowest BCUT2D eigenvalue weighted by molar-refractivity contribution is -0.136. The van der Waals surface area contributed by atoms with Gasteiger partial charge in [0.15, 0.2) is 11.4 Å². The fourth-order valence-corrected chi connectivity index (χ4v) is 4.15. The second-order valence-corrected chi connectivity index (χ2v) is 8.04. The Morgan fingerprint density at radius 3 is 2.40 bits per heavy atom. The molecule has 1 unspecified atom stereocenters. The third kappa shape index (κ3) is 3.53. The van der Waals surface area contributed by atoms with E-state index >= 15 is 0 Å². The van der Waals surface area contributed by atoms with E-state index in [1.807, 2.05) is 30.3 Å². The number of halogens is 1. The average molecular weight is 466 g/mol. The molecule has 6 heteroatoms. The minimum atomic E-state index is -1.91. The maximum Gasteiger partial charge on any atom is 0.264 e.